The highest BCUT2D eigenvalue weighted by atomic mass is 16.4. The summed E-state index contributed by atoms with van der Waals surface area (Å²) in [7, 11) is 0. The van der Waals surface area contributed by atoms with Gasteiger partial charge in [-0.2, -0.15) is 0 Å². The molecule has 1 aromatic heterocycles. The Hall–Kier alpha value is -1.32. The van der Waals surface area contributed by atoms with Crippen LogP contribution < -0.4 is 9.67 Å². The third kappa shape index (κ3) is 7.10. The predicted octanol–water partition coefficient (Wildman–Crippen LogP) is 2.62. The van der Waals surface area contributed by atoms with Crippen molar-refractivity contribution < 1.29 is 14.5 Å². The lowest BCUT2D eigenvalue weighted by molar-refractivity contribution is -0.703. The Balaban J connectivity index is 2.31. The van der Waals surface area contributed by atoms with Gasteiger partial charge in [-0.15, -0.1) is 0 Å². The van der Waals surface area contributed by atoms with Crippen LogP contribution in [-0.4, -0.2) is 10.5 Å². The van der Waals surface area contributed by atoms with Gasteiger partial charge in [-0.05, 0) is 13.3 Å². The number of imidazole rings is 1. The van der Waals surface area contributed by atoms with E-state index < -0.39 is 5.97 Å². The van der Waals surface area contributed by atoms with Crippen molar-refractivity contribution in [3.8, 4) is 0 Å². The fraction of sp³-hybridized carbons (Fsp3) is 0.778. The highest BCUT2D eigenvalue weighted by Crippen LogP contribution is 2.10. The molecular weight excluding hydrogens is 276 g/mol. The summed E-state index contributed by atoms with van der Waals surface area (Å²) in [4.78, 5) is 10.6. The summed E-state index contributed by atoms with van der Waals surface area (Å²) in [5.41, 5.74) is 0. The van der Waals surface area contributed by atoms with Crippen molar-refractivity contribution in [2.45, 2.75) is 91.1 Å². The van der Waals surface area contributed by atoms with Gasteiger partial charge in [0, 0.05) is 18.8 Å². The first-order chi connectivity index (χ1) is 10.7. The largest absolute Gasteiger partial charge is 0.550 e. The first kappa shape index (κ1) is 18.7. The van der Waals surface area contributed by atoms with Crippen LogP contribution >= 0.6 is 0 Å². The molecule has 0 aliphatic heterocycles. The molecule has 0 N–H and O–H groups in total. The summed E-state index contributed by atoms with van der Waals surface area (Å²) in [6.45, 7) is 5.82. The SMILES string of the molecule is CCCCCCCCCCc1n(CC)cc[n+]1CCC(=O)[O-]. The van der Waals surface area contributed by atoms with Crippen molar-refractivity contribution in [2.24, 2.45) is 0 Å². The second-order valence-electron chi connectivity index (χ2n) is 6.04. The molecule has 1 aromatic rings. The van der Waals surface area contributed by atoms with Gasteiger partial charge in [0.05, 0.1) is 13.1 Å². The van der Waals surface area contributed by atoms with Crippen LogP contribution in [0.1, 0.15) is 77.5 Å². The predicted molar refractivity (Wildman–Crippen MR) is 86.2 cm³/mol. The lowest BCUT2D eigenvalue weighted by Gasteiger charge is -2.05. The monoisotopic (exact) mass is 308 g/mol. The number of carbonyl (C=O) groups excluding carboxylic acids is 1. The minimum absolute atomic E-state index is 0.0861. The smallest absolute Gasteiger partial charge is 0.256 e. The third-order valence-electron chi connectivity index (χ3n) is 4.24. The van der Waals surface area contributed by atoms with Gasteiger partial charge in [0.2, 0.25) is 0 Å². The second kappa shape index (κ2) is 11.3. The summed E-state index contributed by atoms with van der Waals surface area (Å²) in [6.07, 6.45) is 15.7. The maximum atomic E-state index is 10.6. The van der Waals surface area contributed by atoms with E-state index in [0.29, 0.717) is 6.54 Å². The minimum atomic E-state index is -0.977. The molecule has 0 spiro atoms. The molecule has 0 aliphatic carbocycles. The standard InChI is InChI=1S/C18H32N2O2/c1-3-5-6-7-8-9-10-11-12-17-19(4-2)15-16-20(17)14-13-18(21)22/h15-16H,3-14H2,1-2H3. The van der Waals surface area contributed by atoms with Crippen molar-refractivity contribution >= 4 is 5.97 Å². The topological polar surface area (TPSA) is 48.9 Å². The summed E-state index contributed by atoms with van der Waals surface area (Å²) in [5, 5.41) is 10.6. The Bertz CT molecular complexity index is 427. The number of carboxylic acids is 1. The van der Waals surface area contributed by atoms with Crippen LogP contribution in [0.2, 0.25) is 0 Å². The van der Waals surface area contributed by atoms with Gasteiger partial charge >= 0.3 is 0 Å². The lowest BCUT2D eigenvalue weighted by Crippen LogP contribution is -2.40. The van der Waals surface area contributed by atoms with Crippen LogP contribution in [-0.2, 0) is 24.3 Å². The molecule has 0 aromatic carbocycles. The summed E-state index contributed by atoms with van der Waals surface area (Å²) >= 11 is 0. The van der Waals surface area contributed by atoms with Crippen LogP contribution in [0.3, 0.4) is 0 Å². The van der Waals surface area contributed by atoms with Crippen molar-refractivity contribution in [3.05, 3.63) is 18.2 Å². The zero-order valence-electron chi connectivity index (χ0n) is 14.4. The van der Waals surface area contributed by atoms with Crippen molar-refractivity contribution in [2.75, 3.05) is 0 Å². The number of carboxylic acid groups (broad SMARTS) is 1. The molecule has 22 heavy (non-hydrogen) atoms. The van der Waals surface area contributed by atoms with Crippen LogP contribution in [0.15, 0.2) is 12.4 Å². The Labute approximate surface area is 135 Å². The first-order valence-electron chi connectivity index (χ1n) is 8.96. The van der Waals surface area contributed by atoms with E-state index >= 15 is 0 Å². The molecule has 0 saturated carbocycles. The van der Waals surface area contributed by atoms with Gasteiger partial charge < -0.3 is 9.90 Å². The molecule has 0 fully saturated rings. The lowest BCUT2D eigenvalue weighted by atomic mass is 10.1. The zero-order chi connectivity index (χ0) is 16.2. The molecule has 0 amide bonds. The number of rotatable bonds is 13. The second-order valence-corrected chi connectivity index (χ2v) is 6.04. The fourth-order valence-electron chi connectivity index (χ4n) is 2.91. The highest BCUT2D eigenvalue weighted by molar-refractivity contribution is 5.63. The molecule has 4 heteroatoms. The molecule has 0 aliphatic rings. The van der Waals surface area contributed by atoms with E-state index in [-0.39, 0.29) is 6.42 Å². The number of carbonyl (C=O) groups is 1. The van der Waals surface area contributed by atoms with Gasteiger partial charge in [-0.1, -0.05) is 51.9 Å². The minimum Gasteiger partial charge on any atom is -0.550 e. The van der Waals surface area contributed by atoms with Crippen molar-refractivity contribution in [3.63, 3.8) is 0 Å². The number of aliphatic carboxylic acids is 1. The normalized spacial score (nSPS) is 11.0. The molecule has 4 nitrogen and oxygen atoms in total. The Morgan fingerprint density at radius 1 is 1.09 bits per heavy atom. The molecule has 0 unspecified atom stereocenters. The van der Waals surface area contributed by atoms with Gasteiger partial charge in [0.15, 0.2) is 0 Å². The fourth-order valence-corrected chi connectivity index (χ4v) is 2.91. The summed E-state index contributed by atoms with van der Waals surface area (Å²) in [5.74, 6) is 0.268. The van der Waals surface area contributed by atoms with Crippen LogP contribution in [0.4, 0.5) is 0 Å². The first-order valence-corrected chi connectivity index (χ1v) is 8.96. The van der Waals surface area contributed by atoms with E-state index in [1.165, 1.54) is 57.2 Å². The maximum absolute atomic E-state index is 10.6. The number of nitrogens with zero attached hydrogens (tertiary/aromatic N) is 2. The highest BCUT2D eigenvalue weighted by Gasteiger charge is 2.15. The summed E-state index contributed by atoms with van der Waals surface area (Å²) < 4.78 is 4.29. The number of unbranched alkanes of at least 4 members (excludes halogenated alkanes) is 7. The maximum Gasteiger partial charge on any atom is 0.256 e. The molecule has 1 rings (SSSR count). The third-order valence-corrected chi connectivity index (χ3v) is 4.24. The van der Waals surface area contributed by atoms with Crippen LogP contribution in [0, 0.1) is 0 Å². The quantitative estimate of drug-likeness (QED) is 0.415. The molecule has 0 saturated heterocycles. The van der Waals surface area contributed by atoms with Gasteiger partial charge in [-0.25, -0.2) is 9.13 Å². The molecule has 1 heterocycles. The molecule has 0 bridgehead atoms. The Morgan fingerprint density at radius 3 is 2.32 bits per heavy atom. The van der Waals surface area contributed by atoms with Crippen LogP contribution in [0.25, 0.3) is 0 Å². The molecule has 126 valence electrons. The van der Waals surface area contributed by atoms with E-state index in [9.17, 15) is 9.90 Å². The molecular formula is C18H32N2O2. The van der Waals surface area contributed by atoms with E-state index in [0.717, 1.165) is 13.0 Å². The molecule has 0 radical (unpaired) electrons. The zero-order valence-corrected chi connectivity index (χ0v) is 14.4. The van der Waals surface area contributed by atoms with Crippen molar-refractivity contribution in [1.29, 1.82) is 0 Å². The number of aryl methyl sites for hydroxylation is 2. The van der Waals surface area contributed by atoms with E-state index in [1.54, 1.807) is 0 Å². The van der Waals surface area contributed by atoms with Gasteiger partial charge in [-0.3, -0.25) is 0 Å². The van der Waals surface area contributed by atoms with Gasteiger partial charge in [0.25, 0.3) is 5.82 Å². The Kier molecular flexibility index (Phi) is 9.60. The number of hydrogen-bond donors (Lipinski definition) is 0. The van der Waals surface area contributed by atoms with E-state index in [2.05, 4.69) is 29.2 Å². The van der Waals surface area contributed by atoms with Crippen LogP contribution in [0.5, 0.6) is 0 Å². The number of aromatic nitrogens is 2. The summed E-state index contributed by atoms with van der Waals surface area (Å²) in [6, 6.07) is 0. The molecule has 0 atom stereocenters. The average molecular weight is 308 g/mol. The van der Waals surface area contributed by atoms with Crippen molar-refractivity contribution in [1.82, 2.24) is 4.57 Å². The average Bonchev–Trinajstić information content (AvgIpc) is 2.90. The number of hydrogen-bond acceptors (Lipinski definition) is 2. The van der Waals surface area contributed by atoms with E-state index in [4.69, 9.17) is 0 Å². The van der Waals surface area contributed by atoms with E-state index in [1.807, 2.05) is 6.20 Å². The Morgan fingerprint density at radius 2 is 1.73 bits per heavy atom. The van der Waals surface area contributed by atoms with Gasteiger partial charge in [0.1, 0.15) is 12.4 Å².